The summed E-state index contributed by atoms with van der Waals surface area (Å²) in [7, 11) is 1.63. The van der Waals surface area contributed by atoms with Gasteiger partial charge in [0.25, 0.3) is 11.8 Å². The van der Waals surface area contributed by atoms with Gasteiger partial charge in [0.15, 0.2) is 6.73 Å². The van der Waals surface area contributed by atoms with Gasteiger partial charge in [-0.15, -0.1) is 0 Å². The first-order valence-corrected chi connectivity index (χ1v) is 16.1. The number of piperidine rings is 1. The summed E-state index contributed by atoms with van der Waals surface area (Å²) < 4.78 is 52.5. The maximum atomic E-state index is 13.0. The monoisotopic (exact) mass is 684 g/mol. The Balaban J connectivity index is 1.07. The van der Waals surface area contributed by atoms with Gasteiger partial charge in [0, 0.05) is 25.6 Å². The molecule has 3 rings (SSSR count). The van der Waals surface area contributed by atoms with Crippen LogP contribution in [-0.2, 0) is 63.5 Å². The Bertz CT molecular complexity index is 1110. The van der Waals surface area contributed by atoms with Crippen molar-refractivity contribution in [2.24, 2.45) is 0 Å². The van der Waals surface area contributed by atoms with Crippen LogP contribution in [-0.4, -0.2) is 159 Å². The van der Waals surface area contributed by atoms with Gasteiger partial charge >= 0.3 is 6.16 Å². The Morgan fingerprint density at radius 1 is 0.667 bits per heavy atom. The lowest BCUT2D eigenvalue weighted by atomic mass is 10.0. The SMILES string of the molecule is COCCOCCOCCOCCOCCOCCOCCOCCOC(=O)OCN1C(=O)CCC(N2Cc3ccccc3C2=O)C1=O. The highest BCUT2D eigenvalue weighted by atomic mass is 16.7. The largest absolute Gasteiger partial charge is 0.510 e. The molecule has 2 aliphatic rings. The van der Waals surface area contributed by atoms with Crippen LogP contribution in [0.3, 0.4) is 0 Å². The first-order valence-electron chi connectivity index (χ1n) is 16.1. The van der Waals surface area contributed by atoms with Gasteiger partial charge in [-0.2, -0.15) is 0 Å². The quantitative estimate of drug-likeness (QED) is 0.0732. The normalized spacial score (nSPS) is 16.1. The van der Waals surface area contributed by atoms with E-state index in [9.17, 15) is 19.2 Å². The second-order valence-corrected chi connectivity index (χ2v) is 10.5. The molecule has 1 unspecified atom stereocenters. The average molecular weight is 685 g/mol. The fourth-order valence-corrected chi connectivity index (χ4v) is 4.68. The first-order chi connectivity index (χ1) is 23.5. The number of ether oxygens (including phenoxy) is 10. The van der Waals surface area contributed by atoms with Crippen LogP contribution in [0.4, 0.5) is 4.79 Å². The minimum atomic E-state index is -1.04. The zero-order valence-electron chi connectivity index (χ0n) is 27.6. The third-order valence-electron chi connectivity index (χ3n) is 7.13. The number of imide groups is 1. The van der Waals surface area contributed by atoms with Crippen molar-refractivity contribution < 1.29 is 66.5 Å². The van der Waals surface area contributed by atoms with Crippen LogP contribution in [0.5, 0.6) is 0 Å². The van der Waals surface area contributed by atoms with Gasteiger partial charge in [-0.1, -0.05) is 18.2 Å². The van der Waals surface area contributed by atoms with Crippen molar-refractivity contribution in [1.82, 2.24) is 9.80 Å². The number of fused-ring (bicyclic) bond motifs is 1. The van der Waals surface area contributed by atoms with Crippen LogP contribution in [0.2, 0.25) is 0 Å². The Labute approximate surface area is 280 Å². The summed E-state index contributed by atoms with van der Waals surface area (Å²) in [5.74, 6) is -1.32. The third kappa shape index (κ3) is 14.5. The molecule has 1 aromatic rings. The Morgan fingerprint density at radius 2 is 1.15 bits per heavy atom. The number of rotatable bonds is 27. The summed E-state index contributed by atoms with van der Waals surface area (Å²) in [6.45, 7) is 6.12. The molecule has 1 atom stereocenters. The lowest BCUT2D eigenvalue weighted by molar-refractivity contribution is -0.157. The molecule has 0 bridgehead atoms. The van der Waals surface area contributed by atoms with E-state index in [0.717, 1.165) is 10.5 Å². The summed E-state index contributed by atoms with van der Waals surface area (Å²) in [6.07, 6.45) is -0.784. The number of hydrogen-bond donors (Lipinski definition) is 0. The zero-order valence-corrected chi connectivity index (χ0v) is 27.6. The first kappa shape index (κ1) is 39.2. The number of likely N-dealkylation sites (tertiary alicyclic amines) is 1. The highest BCUT2D eigenvalue weighted by Gasteiger charge is 2.43. The van der Waals surface area contributed by atoms with Crippen molar-refractivity contribution in [2.45, 2.75) is 25.4 Å². The van der Waals surface area contributed by atoms with Crippen LogP contribution in [0.1, 0.15) is 28.8 Å². The molecule has 0 aromatic heterocycles. The fourth-order valence-electron chi connectivity index (χ4n) is 4.68. The smallest absolute Gasteiger partial charge is 0.432 e. The van der Waals surface area contributed by atoms with Crippen molar-refractivity contribution >= 4 is 23.9 Å². The highest BCUT2D eigenvalue weighted by molar-refractivity contribution is 6.05. The molecule has 1 saturated heterocycles. The van der Waals surface area contributed by atoms with Gasteiger partial charge in [0.05, 0.1) is 99.1 Å². The van der Waals surface area contributed by atoms with Crippen molar-refractivity contribution in [3.63, 3.8) is 0 Å². The molecule has 1 fully saturated rings. The molecule has 0 spiro atoms. The summed E-state index contributed by atoms with van der Waals surface area (Å²) in [4.78, 5) is 52.5. The van der Waals surface area contributed by atoms with Gasteiger partial charge < -0.3 is 52.3 Å². The van der Waals surface area contributed by atoms with Crippen LogP contribution in [0, 0.1) is 0 Å². The lowest BCUT2D eigenvalue weighted by Gasteiger charge is -2.34. The summed E-state index contributed by atoms with van der Waals surface area (Å²) in [6, 6.07) is 6.32. The fraction of sp³-hybridized carbons (Fsp3) is 0.688. The van der Waals surface area contributed by atoms with Gasteiger partial charge in [-0.3, -0.25) is 14.4 Å². The van der Waals surface area contributed by atoms with E-state index >= 15 is 0 Å². The van der Waals surface area contributed by atoms with Crippen LogP contribution in [0.15, 0.2) is 24.3 Å². The molecule has 1 aromatic carbocycles. The topological polar surface area (TPSA) is 167 Å². The molecule has 48 heavy (non-hydrogen) atoms. The molecule has 0 saturated carbocycles. The number of carbonyl (C=O) groups excluding carboxylic acids is 4. The predicted octanol–water partition coefficient (Wildman–Crippen LogP) is 1.03. The van der Waals surface area contributed by atoms with Crippen LogP contribution < -0.4 is 0 Å². The van der Waals surface area contributed by atoms with Crippen molar-refractivity contribution in [2.75, 3.05) is 120 Å². The van der Waals surface area contributed by atoms with Crippen molar-refractivity contribution in [3.8, 4) is 0 Å². The van der Waals surface area contributed by atoms with E-state index in [1.807, 2.05) is 12.1 Å². The number of benzene rings is 1. The summed E-state index contributed by atoms with van der Waals surface area (Å²) in [5.41, 5.74) is 1.37. The summed E-state index contributed by atoms with van der Waals surface area (Å²) >= 11 is 0. The molecular formula is C32H48N2O14. The molecular weight excluding hydrogens is 636 g/mol. The molecule has 270 valence electrons. The van der Waals surface area contributed by atoms with E-state index < -0.39 is 30.7 Å². The number of nitrogens with zero attached hydrogens (tertiary/aromatic N) is 2. The maximum Gasteiger partial charge on any atom is 0.510 e. The Hall–Kier alpha value is -3.22. The van der Waals surface area contributed by atoms with E-state index in [1.54, 1.807) is 19.2 Å². The Kier molecular flexibility index (Phi) is 19.6. The van der Waals surface area contributed by atoms with Gasteiger partial charge in [0.1, 0.15) is 12.6 Å². The average Bonchev–Trinajstić information content (AvgIpc) is 3.42. The molecule has 16 nitrogen and oxygen atoms in total. The number of amides is 3. The van der Waals surface area contributed by atoms with Gasteiger partial charge in [0.2, 0.25) is 5.91 Å². The third-order valence-corrected chi connectivity index (χ3v) is 7.13. The minimum Gasteiger partial charge on any atom is -0.432 e. The van der Waals surface area contributed by atoms with E-state index in [4.69, 9.17) is 47.4 Å². The zero-order chi connectivity index (χ0) is 34.2. The molecule has 16 heteroatoms. The van der Waals surface area contributed by atoms with E-state index in [0.29, 0.717) is 91.5 Å². The molecule has 0 aliphatic carbocycles. The van der Waals surface area contributed by atoms with Crippen LogP contribution in [0.25, 0.3) is 0 Å². The van der Waals surface area contributed by atoms with Gasteiger partial charge in [-0.25, -0.2) is 9.69 Å². The Morgan fingerprint density at radius 3 is 1.65 bits per heavy atom. The van der Waals surface area contributed by atoms with E-state index in [2.05, 4.69) is 0 Å². The van der Waals surface area contributed by atoms with E-state index in [-0.39, 0.29) is 45.1 Å². The highest BCUT2D eigenvalue weighted by Crippen LogP contribution is 2.28. The van der Waals surface area contributed by atoms with Gasteiger partial charge in [-0.05, 0) is 18.1 Å². The second-order valence-electron chi connectivity index (χ2n) is 10.5. The molecule has 2 heterocycles. The molecule has 0 N–H and O–H groups in total. The molecule has 2 aliphatic heterocycles. The van der Waals surface area contributed by atoms with E-state index in [1.165, 1.54) is 4.90 Å². The number of carbonyl (C=O) groups is 4. The van der Waals surface area contributed by atoms with Crippen LogP contribution >= 0.6 is 0 Å². The number of hydrogen-bond acceptors (Lipinski definition) is 14. The molecule has 3 amide bonds. The number of methoxy groups -OCH3 is 1. The lowest BCUT2D eigenvalue weighted by Crippen LogP contribution is -2.55. The molecule has 0 radical (unpaired) electrons. The maximum absolute atomic E-state index is 13.0. The standard InChI is InChI=1S/C32H48N2O14/c1-39-8-9-40-10-11-41-12-13-42-14-15-43-16-17-44-18-19-45-20-21-46-22-23-47-32(38)48-25-34-29(35)7-6-28(31(34)37)33-24-26-4-2-3-5-27(26)30(33)36/h2-5,28H,6-25H2,1H3. The summed E-state index contributed by atoms with van der Waals surface area (Å²) in [5, 5.41) is 0. The van der Waals surface area contributed by atoms with Crippen molar-refractivity contribution in [3.05, 3.63) is 35.4 Å². The second kappa shape index (κ2) is 24.0. The minimum absolute atomic E-state index is 0.0485. The predicted molar refractivity (Wildman–Crippen MR) is 166 cm³/mol. The van der Waals surface area contributed by atoms with Crippen molar-refractivity contribution in [1.29, 1.82) is 0 Å².